The lowest BCUT2D eigenvalue weighted by Crippen LogP contribution is -2.33. The Bertz CT molecular complexity index is 1370. The third-order valence-corrected chi connectivity index (χ3v) is 7.76. The second-order valence-corrected chi connectivity index (χ2v) is 10.8. The number of ether oxygens (including phenoxy) is 3. The van der Waals surface area contributed by atoms with E-state index < -0.39 is 35.4 Å². The highest BCUT2D eigenvalue weighted by molar-refractivity contribution is 5.75. The van der Waals surface area contributed by atoms with Crippen LogP contribution in [0.25, 0.3) is 0 Å². The molecule has 2 fully saturated rings. The topological polar surface area (TPSA) is 60.0 Å². The van der Waals surface area contributed by atoms with Gasteiger partial charge in [0.1, 0.15) is 18.2 Å². The van der Waals surface area contributed by atoms with Gasteiger partial charge in [0.2, 0.25) is 0 Å². The standard InChI is InChI=1S/C32H33F5N2O4/c1-2-41-31(40)29(43-28-16-23(33)9-12-27(28)34)15-20-5-10-24(11-6-20)42-14-13-38-30-25-18-39(19-26(25)30)17-21-3-7-22(8-4-21)32(35,36)37/h3-12,16,25-26,29-30,38H,2,13-15,17-19H2,1H3/t25-,26?,29-,30?/m0/s1. The highest BCUT2D eigenvalue weighted by Gasteiger charge is 2.55. The van der Waals surface area contributed by atoms with Crippen molar-refractivity contribution in [2.24, 2.45) is 11.8 Å². The molecule has 6 nitrogen and oxygen atoms in total. The molecule has 3 aromatic rings. The van der Waals surface area contributed by atoms with Crippen molar-refractivity contribution in [3.8, 4) is 11.5 Å². The summed E-state index contributed by atoms with van der Waals surface area (Å²) in [6.45, 7) is 5.35. The third kappa shape index (κ3) is 8.03. The first-order valence-corrected chi connectivity index (χ1v) is 14.2. The van der Waals surface area contributed by atoms with Crippen LogP contribution in [0.5, 0.6) is 11.5 Å². The van der Waals surface area contributed by atoms with Gasteiger partial charge < -0.3 is 19.5 Å². The summed E-state index contributed by atoms with van der Waals surface area (Å²) >= 11 is 0. The first kappa shape index (κ1) is 30.7. The molecule has 1 saturated carbocycles. The van der Waals surface area contributed by atoms with Crippen LogP contribution in [0.3, 0.4) is 0 Å². The molecule has 2 unspecified atom stereocenters. The van der Waals surface area contributed by atoms with Crippen molar-refractivity contribution in [2.45, 2.75) is 38.2 Å². The molecule has 0 bridgehead atoms. The molecule has 4 atom stereocenters. The Morgan fingerprint density at radius 2 is 1.65 bits per heavy atom. The predicted octanol–water partition coefficient (Wildman–Crippen LogP) is 5.64. The van der Waals surface area contributed by atoms with Crippen molar-refractivity contribution >= 4 is 5.97 Å². The van der Waals surface area contributed by atoms with E-state index in [1.165, 1.54) is 0 Å². The molecule has 230 valence electrons. The van der Waals surface area contributed by atoms with Gasteiger partial charge in [0.25, 0.3) is 0 Å². The van der Waals surface area contributed by atoms with E-state index in [2.05, 4.69) is 10.2 Å². The van der Waals surface area contributed by atoms with Crippen LogP contribution in [-0.2, 0) is 28.7 Å². The van der Waals surface area contributed by atoms with Crippen molar-refractivity contribution in [1.82, 2.24) is 10.2 Å². The lowest BCUT2D eigenvalue weighted by molar-refractivity contribution is -0.151. The van der Waals surface area contributed by atoms with Crippen LogP contribution in [0, 0.1) is 23.5 Å². The summed E-state index contributed by atoms with van der Waals surface area (Å²) in [6.07, 6.45) is -5.38. The maximum absolute atomic E-state index is 14.1. The molecule has 3 aromatic carbocycles. The number of alkyl halides is 3. The first-order valence-electron chi connectivity index (χ1n) is 14.2. The Balaban J connectivity index is 1.02. The van der Waals surface area contributed by atoms with Crippen molar-refractivity contribution in [1.29, 1.82) is 0 Å². The quantitative estimate of drug-likeness (QED) is 0.155. The van der Waals surface area contributed by atoms with Crippen LogP contribution in [0.15, 0.2) is 66.7 Å². The molecule has 1 aliphatic carbocycles. The van der Waals surface area contributed by atoms with Crippen LogP contribution in [0.2, 0.25) is 0 Å². The van der Waals surface area contributed by atoms with Crippen LogP contribution >= 0.6 is 0 Å². The van der Waals surface area contributed by atoms with E-state index in [4.69, 9.17) is 14.2 Å². The summed E-state index contributed by atoms with van der Waals surface area (Å²) < 4.78 is 82.4. The van der Waals surface area contributed by atoms with Gasteiger partial charge in [-0.25, -0.2) is 13.6 Å². The van der Waals surface area contributed by atoms with Gasteiger partial charge in [-0.1, -0.05) is 24.3 Å². The Morgan fingerprint density at radius 1 is 0.977 bits per heavy atom. The van der Waals surface area contributed by atoms with Crippen LogP contribution in [0.4, 0.5) is 22.0 Å². The number of halogens is 5. The number of rotatable bonds is 13. The number of benzene rings is 3. The van der Waals surface area contributed by atoms with Crippen molar-refractivity contribution in [3.63, 3.8) is 0 Å². The SMILES string of the molecule is CCOC(=O)[C@H](Cc1ccc(OCCNC2C3CN(Cc4ccc(C(F)(F)F)cc4)C[C@@H]32)cc1)Oc1cc(F)ccc1F. The second-order valence-electron chi connectivity index (χ2n) is 10.8. The highest BCUT2D eigenvalue weighted by Crippen LogP contribution is 2.45. The van der Waals surface area contributed by atoms with Gasteiger partial charge in [-0.3, -0.25) is 4.90 Å². The number of nitrogens with one attached hydrogen (secondary N) is 1. The molecule has 0 aromatic heterocycles. The normalized spacial score (nSPS) is 20.4. The second kappa shape index (κ2) is 13.3. The largest absolute Gasteiger partial charge is 0.492 e. The van der Waals surface area contributed by atoms with E-state index in [1.54, 1.807) is 43.3 Å². The Hall–Kier alpha value is -3.70. The van der Waals surface area contributed by atoms with Crippen molar-refractivity contribution in [3.05, 3.63) is 95.1 Å². The predicted molar refractivity (Wildman–Crippen MR) is 149 cm³/mol. The molecule has 0 amide bonds. The number of hydrogen-bond acceptors (Lipinski definition) is 6. The lowest BCUT2D eigenvalue weighted by atomic mass is 10.1. The fourth-order valence-corrected chi connectivity index (χ4v) is 5.56. The van der Waals surface area contributed by atoms with Gasteiger partial charge in [0.05, 0.1) is 12.2 Å². The van der Waals surface area contributed by atoms with E-state index in [1.807, 2.05) is 0 Å². The highest BCUT2D eigenvalue weighted by atomic mass is 19.4. The molecule has 1 heterocycles. The Kier molecular flexibility index (Phi) is 9.51. The van der Waals surface area contributed by atoms with Crippen LogP contribution in [-0.4, -0.2) is 55.9 Å². The zero-order chi connectivity index (χ0) is 30.6. The van der Waals surface area contributed by atoms with Crippen LogP contribution < -0.4 is 14.8 Å². The maximum atomic E-state index is 14.1. The molecule has 1 N–H and O–H groups in total. The minimum Gasteiger partial charge on any atom is -0.492 e. The van der Waals surface area contributed by atoms with Gasteiger partial charge in [0.15, 0.2) is 17.7 Å². The molecule has 2 aliphatic rings. The molecule has 5 rings (SSSR count). The Labute approximate surface area is 246 Å². The number of nitrogens with zero attached hydrogens (tertiary/aromatic N) is 1. The van der Waals surface area contributed by atoms with E-state index in [9.17, 15) is 26.7 Å². The molecule has 43 heavy (non-hydrogen) atoms. The number of esters is 1. The lowest BCUT2D eigenvalue weighted by Gasteiger charge is -2.20. The number of fused-ring (bicyclic) bond motifs is 1. The number of likely N-dealkylation sites (tertiary alicyclic amines) is 1. The van der Waals surface area contributed by atoms with Gasteiger partial charge in [-0.05, 0) is 66.3 Å². The smallest absolute Gasteiger partial charge is 0.416 e. The van der Waals surface area contributed by atoms with Gasteiger partial charge in [0, 0.05) is 44.7 Å². The van der Waals surface area contributed by atoms with Crippen molar-refractivity contribution < 1.29 is 41.0 Å². The molecule has 0 spiro atoms. The first-order chi connectivity index (χ1) is 20.6. The summed E-state index contributed by atoms with van der Waals surface area (Å²) in [5, 5.41) is 3.53. The van der Waals surface area contributed by atoms with E-state index >= 15 is 0 Å². The zero-order valence-electron chi connectivity index (χ0n) is 23.6. The summed E-state index contributed by atoms with van der Waals surface area (Å²) in [6, 6.07) is 15.7. The van der Waals surface area contributed by atoms with Crippen LogP contribution in [0.1, 0.15) is 23.6 Å². The fraction of sp³-hybridized carbons (Fsp3) is 0.406. The molecular weight excluding hydrogens is 571 g/mol. The minimum absolute atomic E-state index is 0.0942. The fourth-order valence-electron chi connectivity index (χ4n) is 5.56. The summed E-state index contributed by atoms with van der Waals surface area (Å²) in [5.41, 5.74) is 0.977. The van der Waals surface area contributed by atoms with E-state index in [0.717, 1.165) is 54.5 Å². The number of piperidine rings is 1. The third-order valence-electron chi connectivity index (χ3n) is 7.76. The van der Waals surface area contributed by atoms with Crippen molar-refractivity contribution in [2.75, 3.05) is 32.8 Å². The summed E-state index contributed by atoms with van der Waals surface area (Å²) in [7, 11) is 0. The average Bonchev–Trinajstić information content (AvgIpc) is 3.42. The number of carbonyl (C=O) groups excluding carboxylic acids is 1. The van der Waals surface area contributed by atoms with E-state index in [0.29, 0.717) is 43.3 Å². The average molecular weight is 605 g/mol. The zero-order valence-corrected chi connectivity index (χ0v) is 23.6. The monoisotopic (exact) mass is 604 g/mol. The Morgan fingerprint density at radius 3 is 2.30 bits per heavy atom. The maximum Gasteiger partial charge on any atom is 0.416 e. The van der Waals surface area contributed by atoms with Gasteiger partial charge in [-0.2, -0.15) is 13.2 Å². The van der Waals surface area contributed by atoms with Gasteiger partial charge in [-0.15, -0.1) is 0 Å². The van der Waals surface area contributed by atoms with E-state index in [-0.39, 0.29) is 18.8 Å². The number of carbonyl (C=O) groups is 1. The molecular formula is C32H33F5N2O4. The summed E-state index contributed by atoms with van der Waals surface area (Å²) in [5.74, 6) is -0.790. The summed E-state index contributed by atoms with van der Waals surface area (Å²) in [4.78, 5) is 14.7. The molecule has 1 aliphatic heterocycles. The minimum atomic E-state index is -4.32. The molecule has 0 radical (unpaired) electrons. The van der Waals surface area contributed by atoms with Gasteiger partial charge >= 0.3 is 12.1 Å². The molecule has 11 heteroatoms. The number of hydrogen-bond donors (Lipinski definition) is 1. The molecule has 1 saturated heterocycles.